The van der Waals surface area contributed by atoms with Crippen LogP contribution in [0.25, 0.3) is 0 Å². The predicted octanol–water partition coefficient (Wildman–Crippen LogP) is -8.32. The van der Waals surface area contributed by atoms with Crippen molar-refractivity contribution in [3.05, 3.63) is 0 Å². The molecule has 0 bridgehead atoms. The van der Waals surface area contributed by atoms with Crippen LogP contribution in [0.15, 0.2) is 0 Å². The number of rotatable bonds is 0. The largest absolute Gasteiger partial charge is 3.00 e. The number of carbonyl (C=O) groups is 1. The molecule has 0 unspecified atom stereocenters. The minimum absolute atomic E-state index is 0. The van der Waals surface area contributed by atoms with Gasteiger partial charge < -0.3 is 103 Å². The molecule has 0 atom stereocenters. The molecule has 0 saturated heterocycles. The van der Waals surface area contributed by atoms with E-state index >= 15 is 0 Å². The van der Waals surface area contributed by atoms with Crippen LogP contribution in [0.3, 0.4) is 0 Å². The van der Waals surface area contributed by atoms with Crippen LogP contribution in [0.5, 0.6) is 0 Å². The predicted molar refractivity (Wildman–Crippen MR) is 82.4 cm³/mol. The fourth-order valence-corrected chi connectivity index (χ4v) is 0. The first kappa shape index (κ1) is 595. The maximum atomic E-state index is 8.33. The van der Waals surface area contributed by atoms with E-state index < -0.39 is 6.16 Å². The summed E-state index contributed by atoms with van der Waals surface area (Å²) in [4.78, 5) is 8.33. The van der Waals surface area contributed by atoms with E-state index in [0.717, 1.165) is 0 Å². The van der Waals surface area contributed by atoms with Gasteiger partial charge in [0.25, 0.3) is 0 Å². The Labute approximate surface area is 278 Å². The van der Waals surface area contributed by atoms with Crippen LogP contribution in [0.1, 0.15) is 0 Å². The van der Waals surface area contributed by atoms with Gasteiger partial charge in [-0.1, -0.05) is 0 Å². The zero-order valence-corrected chi connectivity index (χ0v) is 25.1. The molecule has 0 aromatic carbocycles. The second-order valence-corrected chi connectivity index (χ2v) is 0.250. The average molecular weight is 532 g/mol. The summed E-state index contributed by atoms with van der Waals surface area (Å²) < 4.78 is 0. The molecule has 0 aromatic rings. The molecule has 0 fully saturated rings. The molecule has 0 heterocycles. The molecule has 0 spiro atoms. The molecule has 0 radical (unpaired) electrons. The Kier molecular flexibility index (Phi) is 11500. The van der Waals surface area contributed by atoms with Crippen LogP contribution in [0.2, 0.25) is 0 Å². The molecular formula is CH16Al2Mg6O19. The van der Waals surface area contributed by atoms with Crippen molar-refractivity contribution in [1.29, 1.82) is 0 Å². The van der Waals surface area contributed by atoms with Crippen molar-refractivity contribution in [3.63, 3.8) is 0 Å². The van der Waals surface area contributed by atoms with Gasteiger partial charge in [-0.15, -0.1) is 0 Å². The summed E-state index contributed by atoms with van der Waals surface area (Å²) in [5, 5.41) is 16.7. The molecule has 0 aliphatic carbocycles. The van der Waals surface area contributed by atoms with E-state index in [4.69, 9.17) is 15.0 Å². The monoisotopic (exact) mass is 530 g/mol. The van der Waals surface area contributed by atoms with E-state index in [1.807, 2.05) is 0 Å². The third-order valence-electron chi connectivity index (χ3n) is 0. The molecule has 27 heteroatoms. The first-order valence-electron chi connectivity index (χ1n) is 0.612. The molecule has 152 valence electrons. The number of hydrogen-bond acceptors (Lipinski definition) is 19. The van der Waals surface area contributed by atoms with Gasteiger partial charge in [0.1, 0.15) is 0 Å². The molecule has 0 amide bonds. The topological polar surface area (TPSA) is 543 Å². The second-order valence-electron chi connectivity index (χ2n) is 0.250. The SMILES string of the molecule is O=C([O-])[O-].[Al+3].[Al+3].[Mg+2].[Mg+2].[Mg+2].[Mg+2].[Mg+2].[Mg+2].[OH-].[OH-].[OH-].[OH-].[OH-].[OH-].[OH-].[OH-].[OH-].[OH-].[OH-].[OH-].[OH-].[OH-].[OH-].[OH-]. The zero-order chi connectivity index (χ0) is 3.58. The summed E-state index contributed by atoms with van der Waals surface area (Å²) in [7, 11) is 0. The van der Waals surface area contributed by atoms with E-state index in [9.17, 15) is 0 Å². The summed E-state index contributed by atoms with van der Waals surface area (Å²) in [6.45, 7) is 0. The van der Waals surface area contributed by atoms with Crippen molar-refractivity contribution >= 4 is 179 Å². The van der Waals surface area contributed by atoms with Gasteiger partial charge in [-0.05, 0) is 6.16 Å². The van der Waals surface area contributed by atoms with Gasteiger partial charge in [0, 0.05) is 0 Å². The van der Waals surface area contributed by atoms with E-state index in [1.165, 1.54) is 0 Å². The van der Waals surface area contributed by atoms with E-state index in [2.05, 4.69) is 0 Å². The second kappa shape index (κ2) is 540. The standard InChI is InChI=1S/CH2O3.2Al.6Mg.16H2O/c2-1(3)4;;;;;;;;;;;;;;;;;;;;;;;;/h(H2,2,3,4);;;;;;;;;16*1H2/q;2*+3;6*+2;;;;;;;;;;;;;;;;/p-18. The molecule has 0 aliphatic rings. The molecule has 16 N–H and O–H groups in total. The summed E-state index contributed by atoms with van der Waals surface area (Å²) >= 11 is 0. The maximum Gasteiger partial charge on any atom is 3.00 e. The van der Waals surface area contributed by atoms with Crippen LogP contribution in [-0.4, -0.2) is 267 Å². The van der Waals surface area contributed by atoms with E-state index in [1.54, 1.807) is 0 Å². The average Bonchev–Trinajstić information content (AvgIpc) is 0.811. The van der Waals surface area contributed by atoms with Crippen LogP contribution >= 0.6 is 0 Å². The van der Waals surface area contributed by atoms with Crippen molar-refractivity contribution in [3.8, 4) is 0 Å². The Morgan fingerprint density at radius 1 is 0.321 bits per heavy atom. The van der Waals surface area contributed by atoms with Crippen LogP contribution in [-0.2, 0) is 0 Å². The molecule has 0 aliphatic heterocycles. The van der Waals surface area contributed by atoms with Gasteiger partial charge in [-0.25, -0.2) is 0 Å². The Hall–Kier alpha value is 4.29. The minimum Gasteiger partial charge on any atom is -0.870 e. The molecule has 19 nitrogen and oxygen atoms in total. The van der Waals surface area contributed by atoms with Crippen LogP contribution < -0.4 is 10.2 Å². The van der Waals surface area contributed by atoms with Crippen molar-refractivity contribution in [2.75, 3.05) is 0 Å². The third-order valence-corrected chi connectivity index (χ3v) is 0. The van der Waals surface area contributed by atoms with Crippen molar-refractivity contribution in [2.45, 2.75) is 0 Å². The zero-order valence-electron chi connectivity index (χ0n) is 14.3. The number of hydrogen-bond donors (Lipinski definition) is 0. The van der Waals surface area contributed by atoms with Crippen molar-refractivity contribution < 1.29 is 103 Å². The Bertz CT molecular complexity index is 59.4. The molecule has 0 aromatic heterocycles. The van der Waals surface area contributed by atoms with Crippen molar-refractivity contribution in [2.24, 2.45) is 0 Å². The summed E-state index contributed by atoms with van der Waals surface area (Å²) in [5.41, 5.74) is 0. The molecule has 0 saturated carbocycles. The Morgan fingerprint density at radius 3 is 0.321 bits per heavy atom. The summed E-state index contributed by atoms with van der Waals surface area (Å²) in [5.74, 6) is 0. The first-order chi connectivity index (χ1) is 1.73. The quantitative estimate of drug-likeness (QED) is 0.261. The minimum atomic E-state index is -2.33. The van der Waals surface area contributed by atoms with E-state index in [0.29, 0.717) is 0 Å². The summed E-state index contributed by atoms with van der Waals surface area (Å²) in [6.07, 6.45) is -2.33. The number of carboxylic acid groups (broad SMARTS) is 2. The Morgan fingerprint density at radius 2 is 0.321 bits per heavy atom. The van der Waals surface area contributed by atoms with Gasteiger partial charge in [0.05, 0.1) is 0 Å². The summed E-state index contributed by atoms with van der Waals surface area (Å²) in [6, 6.07) is 0. The Balaban J connectivity index is -0.000000000163. The molecule has 0 rings (SSSR count). The smallest absolute Gasteiger partial charge is 0.870 e. The first-order valence-corrected chi connectivity index (χ1v) is 0.612. The molecule has 28 heavy (non-hydrogen) atoms. The molecular weight excluding hydrogens is 516 g/mol. The fourth-order valence-electron chi connectivity index (χ4n) is 0. The van der Waals surface area contributed by atoms with Gasteiger partial charge in [-0.2, -0.15) is 0 Å². The normalized spacial score (nSPS) is 0.857. The number of carbonyl (C=O) groups excluding carboxylic acids is 1. The van der Waals surface area contributed by atoms with Gasteiger partial charge in [-0.3, -0.25) is 0 Å². The van der Waals surface area contributed by atoms with Gasteiger partial charge in [0.15, 0.2) is 0 Å². The van der Waals surface area contributed by atoms with E-state index in [-0.39, 0.29) is 261 Å². The third kappa shape index (κ3) is 1410. The fraction of sp³-hybridized carbons (Fsp3) is 0. The maximum absolute atomic E-state index is 8.33. The van der Waals surface area contributed by atoms with Gasteiger partial charge in [0.2, 0.25) is 0 Å². The van der Waals surface area contributed by atoms with Gasteiger partial charge >= 0.3 is 173 Å². The van der Waals surface area contributed by atoms with Crippen LogP contribution in [0, 0.1) is 0 Å². The van der Waals surface area contributed by atoms with Crippen molar-refractivity contribution in [1.82, 2.24) is 0 Å². The van der Waals surface area contributed by atoms with Crippen LogP contribution in [0.4, 0.5) is 4.79 Å².